The molecule has 2 aromatic rings. The number of hydrogen-bond donors (Lipinski definition) is 1. The molecule has 2 aromatic carbocycles. The average molecular weight is 324 g/mol. The highest BCUT2D eigenvalue weighted by Gasteiger charge is 2.14. The van der Waals surface area contributed by atoms with Crippen molar-refractivity contribution >= 4 is 11.7 Å². The zero-order valence-electron chi connectivity index (χ0n) is 12.3. The molecule has 23 heavy (non-hydrogen) atoms. The Kier molecular flexibility index (Phi) is 5.46. The molecule has 0 aliphatic heterocycles. The lowest BCUT2D eigenvalue weighted by atomic mass is 10.2. The number of rotatable bonds is 5. The number of urea groups is 1. The minimum Gasteiger partial charge on any atom is -0.433 e. The summed E-state index contributed by atoms with van der Waals surface area (Å²) >= 11 is 0. The van der Waals surface area contributed by atoms with Gasteiger partial charge in [0.25, 0.3) is 0 Å². The number of nitrogens with one attached hydrogen (secondary N) is 1. The Balaban J connectivity index is 2.04. The van der Waals surface area contributed by atoms with E-state index in [2.05, 4.69) is 10.1 Å². The van der Waals surface area contributed by atoms with Crippen LogP contribution in [0.1, 0.15) is 5.56 Å². The molecule has 1 N–H and O–H groups in total. The molecule has 0 saturated carbocycles. The van der Waals surface area contributed by atoms with Crippen molar-refractivity contribution < 1.29 is 22.7 Å². The van der Waals surface area contributed by atoms with Gasteiger partial charge in [-0.25, -0.2) is 9.18 Å². The first-order valence-electron chi connectivity index (χ1n) is 6.76. The molecule has 0 atom stereocenters. The minimum absolute atomic E-state index is 0.129. The molecule has 122 valence electrons. The molecular weight excluding hydrogens is 309 g/mol. The van der Waals surface area contributed by atoms with Crippen LogP contribution in [0.2, 0.25) is 0 Å². The largest absolute Gasteiger partial charge is 0.433 e. The van der Waals surface area contributed by atoms with Crippen molar-refractivity contribution in [3.8, 4) is 5.75 Å². The fourth-order valence-corrected chi connectivity index (χ4v) is 1.96. The number of hydrogen-bond acceptors (Lipinski definition) is 2. The first kappa shape index (κ1) is 16.7. The van der Waals surface area contributed by atoms with E-state index in [1.54, 1.807) is 18.2 Å². The molecule has 0 bridgehead atoms. The van der Waals surface area contributed by atoms with E-state index in [1.807, 2.05) is 0 Å². The number of benzene rings is 2. The number of carbonyl (C=O) groups is 1. The van der Waals surface area contributed by atoms with Crippen LogP contribution in [0.25, 0.3) is 0 Å². The average Bonchev–Trinajstić information content (AvgIpc) is 2.48. The van der Waals surface area contributed by atoms with E-state index in [-0.39, 0.29) is 18.0 Å². The second kappa shape index (κ2) is 7.53. The molecule has 7 heteroatoms. The monoisotopic (exact) mass is 324 g/mol. The molecular formula is C16H15F3N2O2. The van der Waals surface area contributed by atoms with E-state index in [1.165, 1.54) is 42.3 Å². The third kappa shape index (κ3) is 4.91. The van der Waals surface area contributed by atoms with Crippen LogP contribution in [-0.2, 0) is 6.54 Å². The Bertz CT molecular complexity index is 680. The lowest BCUT2D eigenvalue weighted by molar-refractivity contribution is -0.0493. The summed E-state index contributed by atoms with van der Waals surface area (Å²) < 4.78 is 42.2. The number of anilines is 1. The van der Waals surface area contributed by atoms with Gasteiger partial charge >= 0.3 is 12.6 Å². The first-order valence-corrected chi connectivity index (χ1v) is 6.76. The maximum atomic E-state index is 13.1. The van der Waals surface area contributed by atoms with Gasteiger partial charge in [0.1, 0.15) is 11.6 Å². The van der Waals surface area contributed by atoms with E-state index in [0.717, 1.165) is 0 Å². The predicted octanol–water partition coefficient (Wildman–Crippen LogP) is 4.09. The van der Waals surface area contributed by atoms with E-state index < -0.39 is 18.5 Å². The number of alkyl halides is 2. The van der Waals surface area contributed by atoms with E-state index in [9.17, 15) is 18.0 Å². The Morgan fingerprint density at radius 3 is 2.65 bits per heavy atom. The Hall–Kier alpha value is -2.70. The minimum atomic E-state index is -2.99. The summed E-state index contributed by atoms with van der Waals surface area (Å²) in [5.74, 6) is -0.526. The second-order valence-corrected chi connectivity index (χ2v) is 4.79. The van der Waals surface area contributed by atoms with E-state index in [4.69, 9.17) is 0 Å². The van der Waals surface area contributed by atoms with Crippen LogP contribution in [0.5, 0.6) is 5.75 Å². The molecule has 0 aliphatic rings. The number of halogens is 3. The molecule has 0 unspecified atom stereocenters. The van der Waals surface area contributed by atoms with Crippen LogP contribution >= 0.6 is 0 Å². The van der Waals surface area contributed by atoms with Gasteiger partial charge in [0, 0.05) is 13.6 Å². The van der Waals surface area contributed by atoms with Gasteiger partial charge in [-0.1, -0.05) is 24.3 Å². The molecule has 0 saturated heterocycles. The molecule has 0 aromatic heterocycles. The van der Waals surface area contributed by atoms with Crippen molar-refractivity contribution in [1.29, 1.82) is 0 Å². The summed E-state index contributed by atoms with van der Waals surface area (Å²) in [6.07, 6.45) is 0. The lowest BCUT2D eigenvalue weighted by Gasteiger charge is -2.19. The van der Waals surface area contributed by atoms with Crippen LogP contribution in [-0.4, -0.2) is 24.6 Å². The summed E-state index contributed by atoms with van der Waals surface area (Å²) in [5, 5.41) is 2.49. The van der Waals surface area contributed by atoms with Gasteiger partial charge in [0.05, 0.1) is 5.69 Å². The fraction of sp³-hybridized carbons (Fsp3) is 0.188. The Morgan fingerprint density at radius 1 is 1.22 bits per heavy atom. The molecule has 0 heterocycles. The van der Waals surface area contributed by atoms with Crippen LogP contribution in [0.4, 0.5) is 23.7 Å². The van der Waals surface area contributed by atoms with Gasteiger partial charge in [0.2, 0.25) is 0 Å². The topological polar surface area (TPSA) is 41.6 Å². The fourth-order valence-electron chi connectivity index (χ4n) is 1.96. The maximum Gasteiger partial charge on any atom is 0.387 e. The third-order valence-electron chi connectivity index (χ3n) is 3.00. The third-order valence-corrected chi connectivity index (χ3v) is 3.00. The zero-order chi connectivity index (χ0) is 16.8. The summed E-state index contributed by atoms with van der Waals surface area (Å²) in [5.41, 5.74) is 0.739. The highest BCUT2D eigenvalue weighted by atomic mass is 19.3. The van der Waals surface area contributed by atoms with Crippen LogP contribution < -0.4 is 10.1 Å². The second-order valence-electron chi connectivity index (χ2n) is 4.79. The quantitative estimate of drug-likeness (QED) is 0.900. The number of para-hydroxylation sites is 2. The summed E-state index contributed by atoms with van der Waals surface area (Å²) in [4.78, 5) is 13.4. The molecule has 2 rings (SSSR count). The van der Waals surface area contributed by atoms with Crippen molar-refractivity contribution in [3.63, 3.8) is 0 Å². The first-order chi connectivity index (χ1) is 11.0. The SMILES string of the molecule is CN(Cc1cccc(F)c1)C(=O)Nc1ccccc1OC(F)F. The number of nitrogens with zero attached hydrogens (tertiary/aromatic N) is 1. The predicted molar refractivity (Wildman–Crippen MR) is 80.0 cm³/mol. The summed E-state index contributed by atoms with van der Waals surface area (Å²) in [6, 6.07) is 11.2. The molecule has 0 fully saturated rings. The normalized spacial score (nSPS) is 10.5. The van der Waals surface area contributed by atoms with Crippen LogP contribution in [0.15, 0.2) is 48.5 Å². The van der Waals surface area contributed by atoms with Crippen molar-refractivity contribution in [2.24, 2.45) is 0 Å². The van der Waals surface area contributed by atoms with Crippen molar-refractivity contribution in [2.75, 3.05) is 12.4 Å². The smallest absolute Gasteiger partial charge is 0.387 e. The summed E-state index contributed by atoms with van der Waals surface area (Å²) in [7, 11) is 1.51. The molecule has 2 amide bonds. The molecule has 0 radical (unpaired) electrons. The maximum absolute atomic E-state index is 13.1. The van der Waals surface area contributed by atoms with Gasteiger partial charge in [-0.3, -0.25) is 0 Å². The lowest BCUT2D eigenvalue weighted by Crippen LogP contribution is -2.31. The van der Waals surface area contributed by atoms with Gasteiger partial charge < -0.3 is 15.0 Å². The van der Waals surface area contributed by atoms with E-state index >= 15 is 0 Å². The van der Waals surface area contributed by atoms with Crippen molar-refractivity contribution in [3.05, 3.63) is 59.9 Å². The Morgan fingerprint density at radius 2 is 1.96 bits per heavy atom. The molecule has 0 aliphatic carbocycles. The highest BCUT2D eigenvalue weighted by Crippen LogP contribution is 2.25. The summed E-state index contributed by atoms with van der Waals surface area (Å²) in [6.45, 7) is -2.82. The van der Waals surface area contributed by atoms with Gasteiger partial charge in [-0.2, -0.15) is 8.78 Å². The Labute approximate surface area is 131 Å². The zero-order valence-corrected chi connectivity index (χ0v) is 12.3. The van der Waals surface area contributed by atoms with Gasteiger partial charge in [-0.05, 0) is 29.8 Å². The standard InChI is InChI=1S/C16H15F3N2O2/c1-21(10-11-5-4-6-12(17)9-11)16(22)20-13-7-2-3-8-14(13)23-15(18)19/h2-9,15H,10H2,1H3,(H,20,22). The number of amides is 2. The molecule has 0 spiro atoms. The van der Waals surface area contributed by atoms with Gasteiger partial charge in [-0.15, -0.1) is 0 Å². The number of ether oxygens (including phenoxy) is 1. The highest BCUT2D eigenvalue weighted by molar-refractivity contribution is 5.90. The van der Waals surface area contributed by atoms with Crippen molar-refractivity contribution in [1.82, 2.24) is 4.90 Å². The van der Waals surface area contributed by atoms with Crippen LogP contribution in [0.3, 0.4) is 0 Å². The molecule has 4 nitrogen and oxygen atoms in total. The number of carbonyl (C=O) groups excluding carboxylic acids is 1. The van der Waals surface area contributed by atoms with E-state index in [0.29, 0.717) is 5.56 Å². The van der Waals surface area contributed by atoms with Crippen LogP contribution in [0, 0.1) is 5.82 Å². The van der Waals surface area contributed by atoms with Crippen molar-refractivity contribution in [2.45, 2.75) is 13.2 Å². The van der Waals surface area contributed by atoms with Gasteiger partial charge in [0.15, 0.2) is 0 Å².